The van der Waals surface area contributed by atoms with Gasteiger partial charge in [-0.3, -0.25) is 9.10 Å². The second-order valence-electron chi connectivity index (χ2n) is 6.44. The van der Waals surface area contributed by atoms with Gasteiger partial charge in [0, 0.05) is 4.90 Å². The number of carbonyl (C=O) groups is 1. The first-order chi connectivity index (χ1) is 12.6. The lowest BCUT2D eigenvalue weighted by Gasteiger charge is -2.30. The monoisotopic (exact) mass is 406 g/mol. The standard InChI is InChI=1S/C20H26N2O3S2/c1-6-26-19-10-8-7-9-17(19)21-20(23)16(4)22(27(5,24)25)18-13-14(2)11-12-15(18)3/h7-13,16H,6H2,1-5H3,(H,21,23)/t16-/m1/s1. The molecular formula is C20H26N2O3S2. The largest absolute Gasteiger partial charge is 0.323 e. The summed E-state index contributed by atoms with van der Waals surface area (Å²) in [4.78, 5) is 13.9. The molecule has 0 aliphatic rings. The van der Waals surface area contributed by atoms with Gasteiger partial charge in [-0.15, -0.1) is 11.8 Å². The van der Waals surface area contributed by atoms with E-state index in [-0.39, 0.29) is 5.91 Å². The molecule has 1 amide bonds. The molecule has 2 rings (SSSR count). The minimum absolute atomic E-state index is 0.370. The Morgan fingerprint density at radius 3 is 2.48 bits per heavy atom. The Bertz CT molecular complexity index is 927. The van der Waals surface area contributed by atoms with Gasteiger partial charge in [-0.05, 0) is 55.9 Å². The van der Waals surface area contributed by atoms with Crippen LogP contribution in [0.2, 0.25) is 0 Å². The van der Waals surface area contributed by atoms with Crippen LogP contribution in [-0.2, 0) is 14.8 Å². The van der Waals surface area contributed by atoms with Crippen molar-refractivity contribution in [3.05, 3.63) is 53.6 Å². The van der Waals surface area contributed by atoms with Crippen molar-refractivity contribution in [3.63, 3.8) is 0 Å². The van der Waals surface area contributed by atoms with Crippen LogP contribution in [0.5, 0.6) is 0 Å². The van der Waals surface area contributed by atoms with Crippen molar-refractivity contribution in [2.75, 3.05) is 21.6 Å². The van der Waals surface area contributed by atoms with Crippen LogP contribution in [0, 0.1) is 13.8 Å². The summed E-state index contributed by atoms with van der Waals surface area (Å²) in [6, 6.07) is 12.2. The van der Waals surface area contributed by atoms with E-state index in [9.17, 15) is 13.2 Å². The molecule has 0 spiro atoms. The highest BCUT2D eigenvalue weighted by Crippen LogP contribution is 2.29. The molecule has 0 aromatic heterocycles. The van der Waals surface area contributed by atoms with Crippen LogP contribution in [0.25, 0.3) is 0 Å². The zero-order chi connectivity index (χ0) is 20.2. The molecule has 27 heavy (non-hydrogen) atoms. The van der Waals surface area contributed by atoms with Gasteiger partial charge in [0.15, 0.2) is 0 Å². The molecule has 0 fully saturated rings. The Labute approximate surface area is 166 Å². The maximum atomic E-state index is 12.9. The molecule has 0 aliphatic carbocycles. The van der Waals surface area contributed by atoms with Gasteiger partial charge in [0.1, 0.15) is 6.04 Å². The highest BCUT2D eigenvalue weighted by atomic mass is 32.2. The number of benzene rings is 2. The summed E-state index contributed by atoms with van der Waals surface area (Å²) in [6.45, 7) is 7.38. The Balaban J connectivity index is 2.38. The minimum atomic E-state index is -3.65. The molecule has 1 atom stereocenters. The van der Waals surface area contributed by atoms with Crippen molar-refractivity contribution in [3.8, 4) is 0 Å². The average molecular weight is 407 g/mol. The molecule has 146 valence electrons. The van der Waals surface area contributed by atoms with Crippen molar-refractivity contribution < 1.29 is 13.2 Å². The Hall–Kier alpha value is -1.99. The SMILES string of the molecule is CCSc1ccccc1NC(=O)[C@@H](C)N(c1cc(C)ccc1C)S(C)(=O)=O. The number of nitrogens with zero attached hydrogens (tertiary/aromatic N) is 1. The highest BCUT2D eigenvalue weighted by molar-refractivity contribution is 7.99. The fourth-order valence-corrected chi connectivity index (χ4v) is 4.81. The summed E-state index contributed by atoms with van der Waals surface area (Å²) < 4.78 is 26.2. The first-order valence-electron chi connectivity index (χ1n) is 8.74. The molecule has 0 saturated heterocycles. The smallest absolute Gasteiger partial charge is 0.248 e. The van der Waals surface area contributed by atoms with E-state index in [0.717, 1.165) is 28.0 Å². The van der Waals surface area contributed by atoms with E-state index >= 15 is 0 Å². The quantitative estimate of drug-likeness (QED) is 0.700. The normalized spacial score (nSPS) is 12.5. The van der Waals surface area contributed by atoms with Crippen molar-refractivity contribution in [2.24, 2.45) is 0 Å². The summed E-state index contributed by atoms with van der Waals surface area (Å²) in [5.41, 5.74) is 2.95. The second-order valence-corrected chi connectivity index (χ2v) is 9.61. The second kappa shape index (κ2) is 8.80. The summed E-state index contributed by atoms with van der Waals surface area (Å²) >= 11 is 1.62. The van der Waals surface area contributed by atoms with Crippen LogP contribution in [0.4, 0.5) is 11.4 Å². The summed E-state index contributed by atoms with van der Waals surface area (Å²) in [5, 5.41) is 2.89. The number of carbonyl (C=O) groups excluding carboxylic acids is 1. The molecule has 1 N–H and O–H groups in total. The van der Waals surface area contributed by atoms with E-state index < -0.39 is 16.1 Å². The molecule has 0 radical (unpaired) electrons. The lowest BCUT2D eigenvalue weighted by molar-refractivity contribution is -0.116. The number of amides is 1. The molecule has 7 heteroatoms. The first-order valence-corrected chi connectivity index (χ1v) is 11.6. The van der Waals surface area contributed by atoms with Crippen molar-refractivity contribution in [1.82, 2.24) is 0 Å². The van der Waals surface area contributed by atoms with Crippen molar-refractivity contribution in [1.29, 1.82) is 0 Å². The lowest BCUT2D eigenvalue weighted by Crippen LogP contribution is -2.45. The van der Waals surface area contributed by atoms with E-state index in [1.54, 1.807) is 24.8 Å². The molecule has 0 bridgehead atoms. The van der Waals surface area contributed by atoms with Crippen LogP contribution in [0.1, 0.15) is 25.0 Å². The Morgan fingerprint density at radius 2 is 1.85 bits per heavy atom. The number of thioether (sulfide) groups is 1. The topological polar surface area (TPSA) is 66.5 Å². The molecule has 2 aromatic carbocycles. The minimum Gasteiger partial charge on any atom is -0.323 e. The molecule has 0 saturated carbocycles. The van der Waals surface area contributed by atoms with Crippen LogP contribution in [0.3, 0.4) is 0 Å². The van der Waals surface area contributed by atoms with E-state index in [4.69, 9.17) is 0 Å². The van der Waals surface area contributed by atoms with Gasteiger partial charge in [-0.25, -0.2) is 8.42 Å². The third-order valence-electron chi connectivity index (χ3n) is 4.14. The molecule has 0 unspecified atom stereocenters. The van der Waals surface area contributed by atoms with Gasteiger partial charge in [-0.2, -0.15) is 0 Å². The van der Waals surface area contributed by atoms with Crippen LogP contribution >= 0.6 is 11.8 Å². The summed E-state index contributed by atoms with van der Waals surface area (Å²) in [6.07, 6.45) is 1.12. The van der Waals surface area contributed by atoms with Crippen LogP contribution in [-0.4, -0.2) is 32.4 Å². The number of anilines is 2. The number of nitrogens with one attached hydrogen (secondary N) is 1. The molecular weight excluding hydrogens is 380 g/mol. The maximum Gasteiger partial charge on any atom is 0.248 e. The third-order valence-corrected chi connectivity index (χ3v) is 6.32. The first kappa shape index (κ1) is 21.3. The highest BCUT2D eigenvalue weighted by Gasteiger charge is 2.30. The fourth-order valence-electron chi connectivity index (χ4n) is 2.83. The number of hydrogen-bond donors (Lipinski definition) is 1. The van der Waals surface area contributed by atoms with Gasteiger partial charge in [0.25, 0.3) is 0 Å². The number of sulfonamides is 1. The number of para-hydroxylation sites is 1. The molecule has 0 aliphatic heterocycles. The lowest BCUT2D eigenvalue weighted by atomic mass is 10.1. The molecule has 2 aromatic rings. The van der Waals surface area contributed by atoms with Gasteiger partial charge in [0.05, 0.1) is 17.6 Å². The van der Waals surface area contributed by atoms with E-state index in [2.05, 4.69) is 5.32 Å². The average Bonchev–Trinajstić information content (AvgIpc) is 2.58. The Kier molecular flexibility index (Phi) is 6.95. The van der Waals surface area contributed by atoms with Crippen LogP contribution < -0.4 is 9.62 Å². The van der Waals surface area contributed by atoms with E-state index in [0.29, 0.717) is 11.4 Å². The van der Waals surface area contributed by atoms with E-state index in [1.165, 1.54) is 4.31 Å². The zero-order valence-corrected chi connectivity index (χ0v) is 17.9. The van der Waals surface area contributed by atoms with Gasteiger partial charge in [0.2, 0.25) is 15.9 Å². The number of rotatable bonds is 7. The predicted octanol–water partition coefficient (Wildman–Crippen LogP) is 4.21. The zero-order valence-electron chi connectivity index (χ0n) is 16.3. The van der Waals surface area contributed by atoms with Crippen molar-refractivity contribution in [2.45, 2.75) is 38.6 Å². The Morgan fingerprint density at radius 1 is 1.19 bits per heavy atom. The fraction of sp³-hybridized carbons (Fsp3) is 0.350. The molecule has 5 nitrogen and oxygen atoms in total. The van der Waals surface area contributed by atoms with Gasteiger partial charge >= 0.3 is 0 Å². The third kappa shape index (κ3) is 5.26. The number of hydrogen-bond acceptors (Lipinski definition) is 4. The van der Waals surface area contributed by atoms with Crippen LogP contribution in [0.15, 0.2) is 47.4 Å². The van der Waals surface area contributed by atoms with E-state index in [1.807, 2.05) is 57.2 Å². The van der Waals surface area contributed by atoms with Crippen molar-refractivity contribution >= 4 is 39.1 Å². The number of aryl methyl sites for hydroxylation is 2. The van der Waals surface area contributed by atoms with Gasteiger partial charge in [-0.1, -0.05) is 31.2 Å². The van der Waals surface area contributed by atoms with Gasteiger partial charge < -0.3 is 5.32 Å². The maximum absolute atomic E-state index is 12.9. The summed E-state index contributed by atoms with van der Waals surface area (Å²) in [7, 11) is -3.65. The molecule has 0 heterocycles. The summed E-state index contributed by atoms with van der Waals surface area (Å²) in [5.74, 6) is 0.505. The predicted molar refractivity (Wildman–Crippen MR) is 114 cm³/mol.